The zero-order chi connectivity index (χ0) is 19.7. The molecule has 0 aromatic heterocycles. The molecule has 0 saturated carbocycles. The van der Waals surface area contributed by atoms with Crippen LogP contribution in [-0.2, 0) is 9.59 Å². The average Bonchev–Trinajstić information content (AvgIpc) is 2.66. The molecule has 4 heteroatoms. The van der Waals surface area contributed by atoms with Gasteiger partial charge in [-0.25, -0.2) is 0 Å². The molecule has 0 aliphatic carbocycles. The molecule has 0 heterocycles. The van der Waals surface area contributed by atoms with Crippen LogP contribution in [0.2, 0.25) is 0 Å². The third-order valence-corrected chi connectivity index (χ3v) is 4.52. The fourth-order valence-electron chi connectivity index (χ4n) is 2.89. The minimum atomic E-state index is -0.282. The van der Waals surface area contributed by atoms with E-state index in [1.807, 2.05) is 0 Å². The summed E-state index contributed by atoms with van der Waals surface area (Å²) in [6.45, 7) is 4.31. The predicted molar refractivity (Wildman–Crippen MR) is 109 cm³/mol. The van der Waals surface area contributed by atoms with Gasteiger partial charge < -0.3 is 9.47 Å². The van der Waals surface area contributed by atoms with Crippen molar-refractivity contribution in [1.29, 1.82) is 0 Å². The second kappa shape index (κ2) is 15.2. The van der Waals surface area contributed by atoms with Crippen molar-refractivity contribution < 1.29 is 19.1 Å². The highest BCUT2D eigenvalue weighted by Gasteiger charge is 2.13. The Morgan fingerprint density at radius 1 is 0.630 bits per heavy atom. The Labute approximate surface area is 164 Å². The number of unbranched alkanes of at least 4 members (excludes halogenated alkanes) is 9. The van der Waals surface area contributed by atoms with E-state index in [9.17, 15) is 9.59 Å². The summed E-state index contributed by atoms with van der Waals surface area (Å²) >= 11 is 0. The van der Waals surface area contributed by atoms with E-state index in [4.69, 9.17) is 9.47 Å². The van der Waals surface area contributed by atoms with Crippen molar-refractivity contribution in [3.05, 3.63) is 24.3 Å². The maximum atomic E-state index is 12.1. The first kappa shape index (κ1) is 23.2. The molecular formula is C23H36O4. The molecule has 0 spiro atoms. The molecule has 4 nitrogen and oxygen atoms in total. The lowest BCUT2D eigenvalue weighted by Gasteiger charge is -2.10. The van der Waals surface area contributed by atoms with Crippen LogP contribution in [0, 0.1) is 0 Å². The van der Waals surface area contributed by atoms with Gasteiger partial charge >= 0.3 is 11.9 Å². The minimum Gasteiger partial charge on any atom is -0.423 e. The predicted octanol–water partition coefficient (Wildman–Crippen LogP) is 6.61. The zero-order valence-corrected chi connectivity index (χ0v) is 17.1. The lowest BCUT2D eigenvalue weighted by molar-refractivity contribution is -0.137. The summed E-state index contributed by atoms with van der Waals surface area (Å²) in [4.78, 5) is 24.0. The van der Waals surface area contributed by atoms with Crippen molar-refractivity contribution in [2.24, 2.45) is 0 Å². The molecule has 0 bridgehead atoms. The number of ether oxygens (including phenoxy) is 2. The molecule has 0 aliphatic rings. The Bertz CT molecular complexity index is 539. The first-order chi connectivity index (χ1) is 13.2. The number of esters is 2. The van der Waals surface area contributed by atoms with Crippen molar-refractivity contribution in [1.82, 2.24) is 0 Å². The van der Waals surface area contributed by atoms with Gasteiger partial charge in [0.15, 0.2) is 11.5 Å². The van der Waals surface area contributed by atoms with Gasteiger partial charge in [0.1, 0.15) is 0 Å². The quantitative estimate of drug-likeness (QED) is 0.196. The van der Waals surface area contributed by atoms with Crippen molar-refractivity contribution in [2.75, 3.05) is 0 Å². The summed E-state index contributed by atoms with van der Waals surface area (Å²) in [5.74, 6) is 0.0969. The molecule has 1 aromatic carbocycles. The minimum absolute atomic E-state index is 0.268. The van der Waals surface area contributed by atoms with Gasteiger partial charge in [-0.3, -0.25) is 9.59 Å². The summed E-state index contributed by atoms with van der Waals surface area (Å²) in [6, 6.07) is 6.87. The van der Waals surface area contributed by atoms with Crippen LogP contribution in [0.3, 0.4) is 0 Å². The summed E-state index contributed by atoms with van der Waals surface area (Å²) < 4.78 is 10.8. The van der Waals surface area contributed by atoms with Crippen LogP contribution in [0.25, 0.3) is 0 Å². The maximum Gasteiger partial charge on any atom is 0.311 e. The van der Waals surface area contributed by atoms with Crippen LogP contribution < -0.4 is 9.47 Å². The summed E-state index contributed by atoms with van der Waals surface area (Å²) in [5.41, 5.74) is 0. The highest BCUT2D eigenvalue weighted by Crippen LogP contribution is 2.27. The molecule has 0 radical (unpaired) electrons. The first-order valence-electron chi connectivity index (χ1n) is 10.7. The van der Waals surface area contributed by atoms with E-state index in [1.54, 1.807) is 24.3 Å². The van der Waals surface area contributed by atoms with Crippen molar-refractivity contribution >= 4 is 11.9 Å². The van der Waals surface area contributed by atoms with E-state index in [-0.39, 0.29) is 11.9 Å². The van der Waals surface area contributed by atoms with Gasteiger partial charge in [-0.05, 0) is 25.0 Å². The van der Waals surface area contributed by atoms with Crippen LogP contribution in [0.5, 0.6) is 11.5 Å². The van der Waals surface area contributed by atoms with Crippen LogP contribution in [0.4, 0.5) is 0 Å². The van der Waals surface area contributed by atoms with Gasteiger partial charge in [0, 0.05) is 12.8 Å². The number of carbonyl (C=O) groups excluding carboxylic acids is 2. The molecule has 0 aliphatic heterocycles. The largest absolute Gasteiger partial charge is 0.423 e. The Kier molecular flexibility index (Phi) is 13.1. The molecule has 27 heavy (non-hydrogen) atoms. The fourth-order valence-corrected chi connectivity index (χ4v) is 2.89. The number of hydrogen-bond donors (Lipinski definition) is 0. The Balaban J connectivity index is 2.30. The molecule has 0 unspecified atom stereocenters. The van der Waals surface area contributed by atoms with Crippen molar-refractivity contribution in [2.45, 2.75) is 97.3 Å². The lowest BCUT2D eigenvalue weighted by Crippen LogP contribution is -2.12. The van der Waals surface area contributed by atoms with E-state index in [1.165, 1.54) is 38.5 Å². The number of para-hydroxylation sites is 2. The first-order valence-corrected chi connectivity index (χ1v) is 10.7. The lowest BCUT2D eigenvalue weighted by atomic mass is 10.1. The van der Waals surface area contributed by atoms with E-state index in [0.717, 1.165) is 32.1 Å². The molecule has 0 fully saturated rings. The molecule has 1 rings (SSSR count). The van der Waals surface area contributed by atoms with E-state index in [2.05, 4.69) is 13.8 Å². The molecule has 152 valence electrons. The number of benzene rings is 1. The van der Waals surface area contributed by atoms with Gasteiger partial charge in [-0.1, -0.05) is 83.8 Å². The molecular weight excluding hydrogens is 340 g/mol. The number of hydrogen-bond acceptors (Lipinski definition) is 4. The van der Waals surface area contributed by atoms with Crippen molar-refractivity contribution in [3.8, 4) is 11.5 Å². The van der Waals surface area contributed by atoms with Crippen molar-refractivity contribution in [3.63, 3.8) is 0 Å². The fraction of sp³-hybridized carbons (Fsp3) is 0.652. The molecule has 1 aromatic rings. The highest BCUT2D eigenvalue weighted by atomic mass is 16.6. The maximum absolute atomic E-state index is 12.1. The Morgan fingerprint density at radius 2 is 1.00 bits per heavy atom. The zero-order valence-electron chi connectivity index (χ0n) is 17.1. The second-order valence-corrected chi connectivity index (χ2v) is 7.08. The highest BCUT2D eigenvalue weighted by molar-refractivity contribution is 5.76. The van der Waals surface area contributed by atoms with Crippen LogP contribution in [0.15, 0.2) is 24.3 Å². The molecule has 0 N–H and O–H groups in total. The summed E-state index contributed by atoms with van der Waals surface area (Å²) in [6.07, 6.45) is 13.1. The third kappa shape index (κ3) is 11.5. The number of carbonyl (C=O) groups is 2. The van der Waals surface area contributed by atoms with Gasteiger partial charge in [-0.15, -0.1) is 0 Å². The Morgan fingerprint density at radius 3 is 1.48 bits per heavy atom. The van der Waals surface area contributed by atoms with Gasteiger partial charge in [0.05, 0.1) is 0 Å². The standard InChI is InChI=1S/C23H36O4/c1-3-5-7-8-9-10-11-13-19-23(25)27-21-17-15-14-16-20(21)26-22(24)18-12-6-4-2/h14-17H,3-13,18-19H2,1-2H3. The molecule has 0 saturated heterocycles. The van der Waals surface area contributed by atoms with Gasteiger partial charge in [0.2, 0.25) is 0 Å². The summed E-state index contributed by atoms with van der Waals surface area (Å²) in [7, 11) is 0. The molecule has 0 atom stereocenters. The smallest absolute Gasteiger partial charge is 0.311 e. The number of rotatable bonds is 15. The normalized spacial score (nSPS) is 10.6. The van der Waals surface area contributed by atoms with E-state index >= 15 is 0 Å². The van der Waals surface area contributed by atoms with Crippen LogP contribution >= 0.6 is 0 Å². The monoisotopic (exact) mass is 376 g/mol. The Hall–Kier alpha value is -1.84. The topological polar surface area (TPSA) is 52.6 Å². The molecule has 0 amide bonds. The average molecular weight is 377 g/mol. The van der Waals surface area contributed by atoms with Gasteiger partial charge in [-0.2, -0.15) is 0 Å². The van der Waals surface area contributed by atoms with E-state index < -0.39 is 0 Å². The summed E-state index contributed by atoms with van der Waals surface area (Å²) in [5, 5.41) is 0. The second-order valence-electron chi connectivity index (χ2n) is 7.08. The SMILES string of the molecule is CCCCCCCCCCC(=O)Oc1ccccc1OC(=O)CCCCC. The van der Waals surface area contributed by atoms with E-state index in [0.29, 0.717) is 24.3 Å². The van der Waals surface area contributed by atoms with Gasteiger partial charge in [0.25, 0.3) is 0 Å². The van der Waals surface area contributed by atoms with Crippen LogP contribution in [0.1, 0.15) is 97.3 Å². The third-order valence-electron chi connectivity index (χ3n) is 4.52. The van der Waals surface area contributed by atoms with Crippen LogP contribution in [-0.4, -0.2) is 11.9 Å².